The Morgan fingerprint density at radius 1 is 1.02 bits per heavy atom. The molecule has 1 saturated heterocycles. The van der Waals surface area contributed by atoms with Crippen LogP contribution in [0.15, 0.2) is 77.7 Å². The largest absolute Gasteiger partial charge is 0.477 e. The quantitative estimate of drug-likeness (QED) is 0.240. The highest BCUT2D eigenvalue weighted by atomic mass is 16.5. The van der Waals surface area contributed by atoms with Gasteiger partial charge in [-0.25, -0.2) is 19.6 Å². The molecule has 1 amide bonds. The van der Waals surface area contributed by atoms with E-state index in [0.717, 1.165) is 11.1 Å². The monoisotopic (exact) mass is 609 g/mol. The van der Waals surface area contributed by atoms with Gasteiger partial charge in [0.15, 0.2) is 5.65 Å². The smallest absolute Gasteiger partial charge is 0.354 e. The fourth-order valence-electron chi connectivity index (χ4n) is 5.71. The summed E-state index contributed by atoms with van der Waals surface area (Å²) in [5, 5.41) is 11.9. The molecule has 1 atom stereocenters. The van der Waals surface area contributed by atoms with Crippen LogP contribution in [0, 0.1) is 0 Å². The number of fused-ring (bicyclic) bond motifs is 1. The molecule has 5 aromatic rings. The number of likely N-dealkylation sites (tertiary alicyclic amines) is 1. The standard InChI is InChI=1S/C32H31N7O6/c1-36-26(31(42)43)16-33-27(36)19-37-15-14-23(18-37)39-29-25(13-12-24(35-29)30(41)34-17-28(40)45-2)38(32(39)44)22-10-8-21(9-11-22)20-6-4-3-5-7-20/h3-13,16,23H,14-15,17-19H2,1-2H3,(H,34,41)(H,42,43). The van der Waals surface area contributed by atoms with Crippen molar-refractivity contribution < 1.29 is 24.2 Å². The van der Waals surface area contributed by atoms with Crippen LogP contribution in [0.5, 0.6) is 0 Å². The van der Waals surface area contributed by atoms with Gasteiger partial charge in [0.05, 0.1) is 37.1 Å². The summed E-state index contributed by atoms with van der Waals surface area (Å²) in [5.41, 5.74) is 3.44. The normalized spacial score (nSPS) is 14.9. The van der Waals surface area contributed by atoms with Gasteiger partial charge in [-0.3, -0.25) is 23.6 Å². The predicted molar refractivity (Wildman–Crippen MR) is 164 cm³/mol. The zero-order chi connectivity index (χ0) is 31.7. The van der Waals surface area contributed by atoms with Crippen LogP contribution in [0.1, 0.15) is 39.3 Å². The molecule has 0 radical (unpaired) electrons. The van der Waals surface area contributed by atoms with Crippen molar-refractivity contribution in [1.29, 1.82) is 0 Å². The van der Waals surface area contributed by atoms with Gasteiger partial charge in [-0.1, -0.05) is 42.5 Å². The number of carbonyl (C=O) groups is 3. The molecule has 1 fully saturated rings. The van der Waals surface area contributed by atoms with E-state index in [2.05, 4.69) is 24.9 Å². The molecular formula is C32H31N7O6. The number of pyridine rings is 1. The van der Waals surface area contributed by atoms with E-state index in [1.165, 1.54) is 19.4 Å². The molecular weight excluding hydrogens is 578 g/mol. The van der Waals surface area contributed by atoms with Gasteiger partial charge in [0.2, 0.25) is 0 Å². The summed E-state index contributed by atoms with van der Waals surface area (Å²) >= 11 is 0. The third-order valence-electron chi connectivity index (χ3n) is 8.09. The zero-order valence-corrected chi connectivity index (χ0v) is 24.7. The molecule has 6 rings (SSSR count). The third-order valence-corrected chi connectivity index (χ3v) is 8.09. The summed E-state index contributed by atoms with van der Waals surface area (Å²) in [6.07, 6.45) is 1.96. The van der Waals surface area contributed by atoms with Gasteiger partial charge >= 0.3 is 17.6 Å². The summed E-state index contributed by atoms with van der Waals surface area (Å²) in [6, 6.07) is 20.5. The number of aromatic carboxylic acids is 1. The second-order valence-corrected chi connectivity index (χ2v) is 10.8. The van der Waals surface area contributed by atoms with Gasteiger partial charge < -0.3 is 19.7 Å². The van der Waals surface area contributed by atoms with Crippen molar-refractivity contribution in [2.45, 2.75) is 19.0 Å². The van der Waals surface area contributed by atoms with Crippen LogP contribution in [0.25, 0.3) is 28.0 Å². The van der Waals surface area contributed by atoms with Crippen molar-refractivity contribution in [3.63, 3.8) is 0 Å². The number of aromatic nitrogens is 5. The van der Waals surface area contributed by atoms with Gasteiger partial charge in [0.25, 0.3) is 5.91 Å². The number of ether oxygens (including phenoxy) is 1. The van der Waals surface area contributed by atoms with Crippen molar-refractivity contribution in [3.8, 4) is 16.8 Å². The van der Waals surface area contributed by atoms with Crippen LogP contribution < -0.4 is 11.0 Å². The number of benzene rings is 2. The molecule has 4 heterocycles. The maximum absolute atomic E-state index is 14.2. The van der Waals surface area contributed by atoms with Crippen molar-refractivity contribution in [2.75, 3.05) is 26.7 Å². The molecule has 13 nitrogen and oxygen atoms in total. The lowest BCUT2D eigenvalue weighted by atomic mass is 10.1. The number of imidazole rings is 2. The number of rotatable bonds is 9. The number of carbonyl (C=O) groups excluding carboxylic acids is 2. The summed E-state index contributed by atoms with van der Waals surface area (Å²) < 4.78 is 9.37. The van der Waals surface area contributed by atoms with E-state index in [-0.39, 0.29) is 29.7 Å². The lowest BCUT2D eigenvalue weighted by molar-refractivity contribution is -0.139. The Hall–Kier alpha value is -5.56. The first-order chi connectivity index (χ1) is 21.7. The fourth-order valence-corrected chi connectivity index (χ4v) is 5.71. The van der Waals surface area contributed by atoms with Gasteiger partial charge in [0.1, 0.15) is 23.8 Å². The second-order valence-electron chi connectivity index (χ2n) is 10.8. The van der Waals surface area contributed by atoms with Crippen LogP contribution in [0.3, 0.4) is 0 Å². The minimum atomic E-state index is -1.05. The molecule has 0 spiro atoms. The second kappa shape index (κ2) is 12.2. The van der Waals surface area contributed by atoms with Crippen molar-refractivity contribution in [1.82, 2.24) is 33.9 Å². The first-order valence-corrected chi connectivity index (χ1v) is 14.4. The maximum atomic E-state index is 14.2. The highest BCUT2D eigenvalue weighted by Crippen LogP contribution is 2.28. The minimum Gasteiger partial charge on any atom is -0.477 e. The molecule has 13 heteroatoms. The van der Waals surface area contributed by atoms with Gasteiger partial charge in [0, 0.05) is 20.1 Å². The Morgan fingerprint density at radius 2 is 1.76 bits per heavy atom. The highest BCUT2D eigenvalue weighted by molar-refractivity contribution is 5.96. The molecule has 0 saturated carbocycles. The average Bonchev–Trinajstić information content (AvgIpc) is 3.75. The average molecular weight is 610 g/mol. The van der Waals surface area contributed by atoms with E-state index >= 15 is 0 Å². The Bertz CT molecular complexity index is 1960. The van der Waals surface area contributed by atoms with E-state index in [1.54, 1.807) is 26.8 Å². The Kier molecular flexibility index (Phi) is 8.00. The van der Waals surface area contributed by atoms with Gasteiger partial charge in [-0.05, 0) is 41.8 Å². The summed E-state index contributed by atoms with van der Waals surface area (Å²) in [6.45, 7) is 1.22. The number of carboxylic acid groups (broad SMARTS) is 1. The van der Waals surface area contributed by atoms with Crippen LogP contribution in [0.2, 0.25) is 0 Å². The van der Waals surface area contributed by atoms with Crippen LogP contribution in [-0.2, 0) is 23.1 Å². The number of methoxy groups -OCH3 is 1. The van der Waals surface area contributed by atoms with Crippen LogP contribution in [0.4, 0.5) is 0 Å². The molecule has 3 aromatic heterocycles. The Morgan fingerprint density at radius 3 is 2.44 bits per heavy atom. The number of hydrogen-bond donors (Lipinski definition) is 2. The number of carboxylic acids is 1. The third kappa shape index (κ3) is 5.72. The number of esters is 1. The van der Waals surface area contributed by atoms with Crippen molar-refractivity contribution >= 4 is 29.0 Å². The van der Waals surface area contributed by atoms with Gasteiger partial charge in [-0.15, -0.1) is 0 Å². The lowest BCUT2D eigenvalue weighted by Gasteiger charge is -2.16. The Labute approximate surface area is 257 Å². The number of nitrogens with one attached hydrogen (secondary N) is 1. The van der Waals surface area contributed by atoms with E-state index in [9.17, 15) is 24.3 Å². The predicted octanol–water partition coefficient (Wildman–Crippen LogP) is 2.64. The van der Waals surface area contributed by atoms with Gasteiger partial charge in [-0.2, -0.15) is 0 Å². The topological polar surface area (TPSA) is 154 Å². The van der Waals surface area contributed by atoms with Crippen molar-refractivity contribution in [3.05, 3.63) is 101 Å². The molecule has 1 unspecified atom stereocenters. The molecule has 1 aliphatic heterocycles. The molecule has 0 aliphatic carbocycles. The number of hydrogen-bond acceptors (Lipinski definition) is 8. The fraction of sp³-hybridized carbons (Fsp3) is 0.250. The summed E-state index contributed by atoms with van der Waals surface area (Å²) in [7, 11) is 2.90. The van der Waals surface area contributed by atoms with E-state index in [1.807, 2.05) is 54.6 Å². The van der Waals surface area contributed by atoms with Crippen molar-refractivity contribution in [2.24, 2.45) is 7.05 Å². The Balaban J connectivity index is 1.36. The molecule has 2 N–H and O–H groups in total. The maximum Gasteiger partial charge on any atom is 0.354 e. The minimum absolute atomic E-state index is 0.0563. The zero-order valence-electron chi connectivity index (χ0n) is 24.7. The SMILES string of the molecule is COC(=O)CNC(=O)c1ccc2c(n1)n(C1CCN(Cc3ncc(C(=O)O)n3C)C1)c(=O)n2-c1ccc(-c2ccccc2)cc1. The molecule has 0 bridgehead atoms. The van der Waals surface area contributed by atoms with E-state index < -0.39 is 17.8 Å². The lowest BCUT2D eigenvalue weighted by Crippen LogP contribution is -2.31. The van der Waals surface area contributed by atoms with Crippen LogP contribution in [-0.4, -0.2) is 78.3 Å². The summed E-state index contributed by atoms with van der Waals surface area (Å²) in [4.78, 5) is 61.1. The first kappa shape index (κ1) is 29.5. The molecule has 230 valence electrons. The number of nitrogens with zero attached hydrogens (tertiary/aromatic N) is 6. The van der Waals surface area contributed by atoms with E-state index in [0.29, 0.717) is 48.7 Å². The van der Waals surface area contributed by atoms with E-state index in [4.69, 9.17) is 0 Å². The molecule has 45 heavy (non-hydrogen) atoms. The highest BCUT2D eigenvalue weighted by Gasteiger charge is 2.30. The molecule has 2 aromatic carbocycles. The molecule has 1 aliphatic rings. The first-order valence-electron chi connectivity index (χ1n) is 14.4. The van der Waals surface area contributed by atoms with Crippen LogP contribution >= 0.6 is 0 Å². The summed E-state index contributed by atoms with van der Waals surface area (Å²) in [5.74, 6) is -1.62. The number of amides is 1.